The number of amides is 1. The molecular weight excluding hydrogens is 324 g/mol. The molecule has 8 heteroatoms. The van der Waals surface area contributed by atoms with Crippen LogP contribution in [0.1, 0.15) is 6.92 Å². The molecule has 0 spiro atoms. The number of anilines is 1. The molecule has 2 atom stereocenters. The number of sulfone groups is 1. The van der Waals surface area contributed by atoms with Crippen molar-refractivity contribution in [2.24, 2.45) is 4.99 Å². The number of hydrogen-bond donors (Lipinski definition) is 0. The van der Waals surface area contributed by atoms with Gasteiger partial charge in [0.15, 0.2) is 15.0 Å². The van der Waals surface area contributed by atoms with Gasteiger partial charge in [-0.05, 0) is 12.1 Å². The maximum atomic E-state index is 11.9. The summed E-state index contributed by atoms with van der Waals surface area (Å²) in [6, 6.07) is 7.15. The molecule has 2 saturated heterocycles. The number of carbonyl (C=O) groups is 1. The lowest BCUT2D eigenvalue weighted by Gasteiger charge is -2.24. The molecule has 0 N–H and O–H groups in total. The molecule has 0 aromatic heterocycles. The monoisotopic (exact) mass is 340 g/mol. The molecule has 0 saturated carbocycles. The highest BCUT2D eigenvalue weighted by atomic mass is 32.2. The Morgan fingerprint density at radius 2 is 2.18 bits per heavy atom. The average Bonchev–Trinajstić information content (AvgIpc) is 2.89. The van der Waals surface area contributed by atoms with Crippen LogP contribution in [0.4, 0.5) is 5.69 Å². The first kappa shape index (κ1) is 15.4. The van der Waals surface area contributed by atoms with E-state index < -0.39 is 9.84 Å². The van der Waals surface area contributed by atoms with Gasteiger partial charge < -0.3 is 9.64 Å². The number of carbonyl (C=O) groups excluding carboxylic acids is 1. The Morgan fingerprint density at radius 3 is 2.86 bits per heavy atom. The molecule has 1 aromatic carbocycles. The quantitative estimate of drug-likeness (QED) is 0.808. The molecule has 1 aromatic rings. The molecule has 2 heterocycles. The van der Waals surface area contributed by atoms with E-state index in [1.807, 2.05) is 29.2 Å². The van der Waals surface area contributed by atoms with Crippen LogP contribution in [0.25, 0.3) is 0 Å². The predicted molar refractivity (Wildman–Crippen MR) is 87.4 cm³/mol. The number of ether oxygens (including phenoxy) is 1. The van der Waals surface area contributed by atoms with Crippen LogP contribution in [0.2, 0.25) is 0 Å². The highest BCUT2D eigenvalue weighted by Crippen LogP contribution is 2.41. The third kappa shape index (κ3) is 2.85. The molecule has 2 aliphatic heterocycles. The largest absolute Gasteiger partial charge is 0.497 e. The second kappa shape index (κ2) is 5.58. The molecule has 0 radical (unpaired) electrons. The van der Waals surface area contributed by atoms with E-state index in [1.54, 1.807) is 7.11 Å². The topological polar surface area (TPSA) is 76.0 Å². The summed E-state index contributed by atoms with van der Waals surface area (Å²) in [5, 5.41) is 0.472. The summed E-state index contributed by atoms with van der Waals surface area (Å²) in [7, 11) is -1.47. The highest BCUT2D eigenvalue weighted by Gasteiger charge is 2.49. The van der Waals surface area contributed by atoms with Gasteiger partial charge >= 0.3 is 0 Å². The van der Waals surface area contributed by atoms with Crippen molar-refractivity contribution in [3.63, 3.8) is 0 Å². The van der Waals surface area contributed by atoms with E-state index >= 15 is 0 Å². The lowest BCUT2D eigenvalue weighted by atomic mass is 10.2. The molecule has 0 bridgehead atoms. The smallest absolute Gasteiger partial charge is 0.244 e. The van der Waals surface area contributed by atoms with Crippen LogP contribution in [-0.4, -0.2) is 49.4 Å². The second-order valence-electron chi connectivity index (χ2n) is 5.29. The molecule has 0 unspecified atom stereocenters. The van der Waals surface area contributed by atoms with Crippen molar-refractivity contribution < 1.29 is 17.9 Å². The zero-order valence-electron chi connectivity index (χ0n) is 12.2. The van der Waals surface area contributed by atoms with Crippen molar-refractivity contribution in [1.29, 1.82) is 0 Å². The van der Waals surface area contributed by atoms with Crippen molar-refractivity contribution in [3.05, 3.63) is 24.3 Å². The third-order valence-corrected chi connectivity index (χ3v) is 6.86. The predicted octanol–water partition coefficient (Wildman–Crippen LogP) is 1.32. The fourth-order valence-electron chi connectivity index (χ4n) is 2.76. The van der Waals surface area contributed by atoms with Crippen molar-refractivity contribution in [3.8, 4) is 5.75 Å². The number of methoxy groups -OCH3 is 1. The summed E-state index contributed by atoms with van der Waals surface area (Å²) in [5.74, 6) is 0.589. The van der Waals surface area contributed by atoms with Crippen LogP contribution in [0, 0.1) is 0 Å². The number of nitrogens with zero attached hydrogens (tertiary/aromatic N) is 2. The summed E-state index contributed by atoms with van der Waals surface area (Å²) in [6.45, 7) is 1.39. The van der Waals surface area contributed by atoms with Crippen molar-refractivity contribution in [1.82, 2.24) is 0 Å². The third-order valence-electron chi connectivity index (χ3n) is 3.65. The van der Waals surface area contributed by atoms with E-state index in [9.17, 15) is 13.2 Å². The Balaban J connectivity index is 2.04. The van der Waals surface area contributed by atoms with Gasteiger partial charge in [0.2, 0.25) is 5.91 Å². The summed E-state index contributed by atoms with van der Waals surface area (Å²) in [4.78, 5) is 17.3. The first-order chi connectivity index (χ1) is 10.4. The van der Waals surface area contributed by atoms with Crippen LogP contribution in [-0.2, 0) is 14.6 Å². The molecular formula is C14H16N2O4S2. The lowest BCUT2D eigenvalue weighted by molar-refractivity contribution is -0.115. The van der Waals surface area contributed by atoms with E-state index in [2.05, 4.69) is 4.99 Å². The van der Waals surface area contributed by atoms with Crippen molar-refractivity contribution >= 4 is 38.4 Å². The maximum absolute atomic E-state index is 11.9. The molecule has 2 aliphatic rings. The molecule has 118 valence electrons. The minimum Gasteiger partial charge on any atom is -0.497 e. The zero-order valence-corrected chi connectivity index (χ0v) is 13.9. The van der Waals surface area contributed by atoms with Crippen LogP contribution >= 0.6 is 11.8 Å². The summed E-state index contributed by atoms with van der Waals surface area (Å²) in [6.07, 6.45) is 0. The number of benzene rings is 1. The summed E-state index contributed by atoms with van der Waals surface area (Å²) in [5.41, 5.74) is 0.788. The zero-order chi connectivity index (χ0) is 15.9. The normalized spacial score (nSPS) is 27.9. The highest BCUT2D eigenvalue weighted by molar-refractivity contribution is 8.16. The molecule has 2 fully saturated rings. The number of rotatable bonds is 2. The molecule has 6 nitrogen and oxygen atoms in total. The number of thioether (sulfide) groups is 1. The van der Waals surface area contributed by atoms with E-state index in [0.29, 0.717) is 10.9 Å². The number of hydrogen-bond acceptors (Lipinski definition) is 5. The van der Waals surface area contributed by atoms with Gasteiger partial charge in [0.1, 0.15) is 5.75 Å². The fraction of sp³-hybridized carbons (Fsp3) is 0.429. The van der Waals surface area contributed by atoms with Gasteiger partial charge in [0, 0.05) is 23.9 Å². The van der Waals surface area contributed by atoms with Crippen LogP contribution in [0.5, 0.6) is 5.75 Å². The standard InChI is InChI=1S/C14H16N2O4S2/c1-9(17)15-14-16(10-4-3-5-11(6-10)20-2)12-7-22(18,19)8-13(12)21-14/h3-6,12-13H,7-8H2,1-2H3/t12-,13+/m1/s1. The van der Waals surface area contributed by atoms with E-state index in [1.165, 1.54) is 18.7 Å². The van der Waals surface area contributed by atoms with Crippen molar-refractivity contribution in [2.75, 3.05) is 23.5 Å². The van der Waals surface area contributed by atoms with Gasteiger partial charge in [-0.3, -0.25) is 4.79 Å². The summed E-state index contributed by atoms with van der Waals surface area (Å²) < 4.78 is 29.0. The van der Waals surface area contributed by atoms with Gasteiger partial charge in [0.05, 0.1) is 24.7 Å². The van der Waals surface area contributed by atoms with E-state index in [0.717, 1.165) is 5.69 Å². The Hall–Kier alpha value is -1.54. The van der Waals surface area contributed by atoms with E-state index in [4.69, 9.17) is 4.74 Å². The Bertz CT molecular complexity index is 745. The minimum absolute atomic E-state index is 0.0821. The van der Waals surface area contributed by atoms with Gasteiger partial charge in [0.25, 0.3) is 0 Å². The number of amidine groups is 1. The van der Waals surface area contributed by atoms with Crippen LogP contribution in [0.3, 0.4) is 0 Å². The Labute approximate surface area is 133 Å². The number of fused-ring (bicyclic) bond motifs is 1. The minimum atomic E-state index is -3.05. The molecule has 3 rings (SSSR count). The Kier molecular flexibility index (Phi) is 3.90. The second-order valence-corrected chi connectivity index (χ2v) is 8.65. The van der Waals surface area contributed by atoms with Crippen molar-refractivity contribution in [2.45, 2.75) is 18.2 Å². The van der Waals surface area contributed by atoms with Crippen LogP contribution in [0.15, 0.2) is 29.3 Å². The maximum Gasteiger partial charge on any atom is 0.244 e. The molecule has 22 heavy (non-hydrogen) atoms. The van der Waals surface area contributed by atoms with Gasteiger partial charge in [-0.15, -0.1) is 0 Å². The summed E-state index contributed by atoms with van der Waals surface area (Å²) >= 11 is 1.36. The van der Waals surface area contributed by atoms with E-state index in [-0.39, 0.29) is 28.7 Å². The number of aliphatic imine (C=N–C) groups is 1. The van der Waals surface area contributed by atoms with Gasteiger partial charge in [-0.2, -0.15) is 4.99 Å². The first-order valence-corrected chi connectivity index (χ1v) is 9.49. The van der Waals surface area contributed by atoms with Gasteiger partial charge in [-0.25, -0.2) is 8.42 Å². The molecule has 0 aliphatic carbocycles. The molecule has 1 amide bonds. The average molecular weight is 340 g/mol. The Morgan fingerprint density at radius 1 is 1.41 bits per heavy atom. The first-order valence-electron chi connectivity index (χ1n) is 6.79. The lowest BCUT2D eigenvalue weighted by Crippen LogP contribution is -2.37. The van der Waals surface area contributed by atoms with Gasteiger partial charge in [-0.1, -0.05) is 17.8 Å². The fourth-order valence-corrected chi connectivity index (χ4v) is 6.72. The SMILES string of the molecule is COc1cccc(N2C(=NC(C)=O)S[C@H]3CS(=O)(=O)C[C@H]32)c1. The van der Waals surface area contributed by atoms with Crippen LogP contribution < -0.4 is 9.64 Å².